The average Bonchev–Trinajstić information content (AvgIpc) is 3.22. The van der Waals surface area contributed by atoms with Crippen LogP contribution < -0.4 is 0 Å². The molecule has 0 amide bonds. The number of rotatable bonds is 7. The maximum absolute atomic E-state index is 9.59. The van der Waals surface area contributed by atoms with Gasteiger partial charge in [0.1, 0.15) is 23.0 Å². The highest BCUT2D eigenvalue weighted by Gasteiger charge is 2.23. The van der Waals surface area contributed by atoms with Gasteiger partial charge in [0.25, 0.3) is 0 Å². The number of ether oxygens (including phenoxy) is 2. The second-order valence-corrected chi connectivity index (χ2v) is 5.69. The van der Waals surface area contributed by atoms with Gasteiger partial charge < -0.3 is 19.0 Å². The molecule has 2 aromatic heterocycles. The third-order valence-corrected chi connectivity index (χ3v) is 3.75. The van der Waals surface area contributed by atoms with E-state index in [1.807, 2.05) is 39.0 Å². The number of aliphatic hydroxyl groups is 1. The Morgan fingerprint density at radius 2 is 2.00 bits per heavy atom. The van der Waals surface area contributed by atoms with Gasteiger partial charge in [0.15, 0.2) is 11.6 Å². The summed E-state index contributed by atoms with van der Waals surface area (Å²) in [7, 11) is 3.18. The summed E-state index contributed by atoms with van der Waals surface area (Å²) in [6, 6.07) is 3.69. The summed E-state index contributed by atoms with van der Waals surface area (Å²) < 4.78 is 18.5. The van der Waals surface area contributed by atoms with Crippen LogP contribution in [-0.4, -0.2) is 40.2 Å². The topological polar surface area (TPSA) is 82.5 Å². The van der Waals surface area contributed by atoms with Crippen molar-refractivity contribution in [2.45, 2.75) is 33.8 Å². The highest BCUT2D eigenvalue weighted by atomic mass is 16.5. The molecule has 140 valence electrons. The average molecular weight is 359 g/mol. The van der Waals surface area contributed by atoms with Crippen LogP contribution in [0.2, 0.25) is 0 Å². The first-order valence-electron chi connectivity index (χ1n) is 8.27. The fraction of sp³-hybridized carbons (Fsp3) is 0.368. The van der Waals surface area contributed by atoms with Crippen molar-refractivity contribution < 1.29 is 19.0 Å². The second-order valence-electron chi connectivity index (χ2n) is 5.69. The van der Waals surface area contributed by atoms with Gasteiger partial charge in [-0.3, -0.25) is 4.57 Å². The number of hydrogen-bond acceptors (Lipinski definition) is 6. The van der Waals surface area contributed by atoms with Crippen molar-refractivity contribution in [3.8, 4) is 11.6 Å². The molecule has 0 saturated heterocycles. The zero-order valence-electron chi connectivity index (χ0n) is 16.0. The zero-order valence-corrected chi connectivity index (χ0v) is 16.0. The molecule has 2 aromatic rings. The minimum Gasteiger partial charge on any atom is -0.499 e. The highest BCUT2D eigenvalue weighted by molar-refractivity contribution is 5.71. The van der Waals surface area contributed by atoms with Gasteiger partial charge in [-0.05, 0) is 52.0 Å². The van der Waals surface area contributed by atoms with Gasteiger partial charge in [-0.2, -0.15) is 0 Å². The number of allylic oxidation sites excluding steroid dienone is 3. The molecular weight excluding hydrogens is 334 g/mol. The number of aromatic nitrogens is 3. The van der Waals surface area contributed by atoms with Gasteiger partial charge in [0.05, 0.1) is 20.3 Å². The molecule has 2 heterocycles. The van der Waals surface area contributed by atoms with E-state index in [0.717, 1.165) is 5.76 Å². The molecular formula is C19H25N3O4. The van der Waals surface area contributed by atoms with Crippen molar-refractivity contribution in [3.63, 3.8) is 0 Å². The Labute approximate surface area is 153 Å². The van der Waals surface area contributed by atoms with E-state index in [4.69, 9.17) is 13.9 Å². The maximum atomic E-state index is 9.59. The Bertz CT molecular complexity index is 841. The van der Waals surface area contributed by atoms with Crippen LogP contribution in [0, 0.1) is 6.92 Å². The first-order chi connectivity index (χ1) is 12.4. The molecule has 0 spiro atoms. The van der Waals surface area contributed by atoms with E-state index >= 15 is 0 Å². The standard InChI is InChI=1S/C19H25N3O4/c1-7-15(25-6)18(14(4)24-5)22-17(11-8-12(2)23)20-21-19(22)16-10-9-13(3)26-16/h7-12,23H,1-6H3/b11-8+,15-7+,18-14-. The second kappa shape index (κ2) is 8.53. The van der Waals surface area contributed by atoms with E-state index in [0.29, 0.717) is 34.6 Å². The van der Waals surface area contributed by atoms with Crippen molar-refractivity contribution in [1.82, 2.24) is 14.8 Å². The third-order valence-electron chi connectivity index (χ3n) is 3.75. The number of aliphatic hydroxyl groups excluding tert-OH is 1. The smallest absolute Gasteiger partial charge is 0.204 e. The molecule has 0 aliphatic heterocycles. The summed E-state index contributed by atoms with van der Waals surface area (Å²) in [6.07, 6.45) is 4.54. The van der Waals surface area contributed by atoms with Gasteiger partial charge in [0.2, 0.25) is 5.82 Å². The summed E-state index contributed by atoms with van der Waals surface area (Å²) in [5.41, 5.74) is 0.650. The number of aryl methyl sites for hydroxylation is 1. The van der Waals surface area contributed by atoms with Gasteiger partial charge in [-0.1, -0.05) is 6.08 Å². The summed E-state index contributed by atoms with van der Waals surface area (Å²) in [4.78, 5) is 0. The predicted octanol–water partition coefficient (Wildman–Crippen LogP) is 3.63. The van der Waals surface area contributed by atoms with Gasteiger partial charge >= 0.3 is 0 Å². The van der Waals surface area contributed by atoms with Crippen LogP contribution in [0.3, 0.4) is 0 Å². The highest BCUT2D eigenvalue weighted by Crippen LogP contribution is 2.30. The Balaban J connectivity index is 2.78. The van der Waals surface area contributed by atoms with Crippen LogP contribution in [0.1, 0.15) is 32.4 Å². The Morgan fingerprint density at radius 1 is 1.27 bits per heavy atom. The van der Waals surface area contributed by atoms with Crippen molar-refractivity contribution >= 4 is 11.8 Å². The number of nitrogens with zero attached hydrogens (tertiary/aromatic N) is 3. The van der Waals surface area contributed by atoms with Crippen LogP contribution in [0.15, 0.2) is 40.2 Å². The molecule has 0 fully saturated rings. The Hall–Kier alpha value is -2.80. The quantitative estimate of drug-likeness (QED) is 0.600. The van der Waals surface area contributed by atoms with Crippen molar-refractivity contribution in [1.29, 1.82) is 0 Å². The fourth-order valence-electron chi connectivity index (χ4n) is 2.45. The maximum Gasteiger partial charge on any atom is 0.204 e. The van der Waals surface area contributed by atoms with E-state index in [9.17, 15) is 5.11 Å². The third kappa shape index (κ3) is 4.05. The first kappa shape index (κ1) is 19.5. The van der Waals surface area contributed by atoms with E-state index in [-0.39, 0.29) is 0 Å². The van der Waals surface area contributed by atoms with Gasteiger partial charge in [-0.15, -0.1) is 10.2 Å². The molecule has 2 rings (SSSR count). The van der Waals surface area contributed by atoms with E-state index < -0.39 is 6.10 Å². The SMILES string of the molecule is C/C=C(OC)\C(=C(/C)OC)n1c(/C=C/C(C)O)nnc1-c1ccc(C)o1. The molecule has 0 aliphatic carbocycles. The van der Waals surface area contributed by atoms with E-state index in [1.165, 1.54) is 0 Å². The minimum absolute atomic E-state index is 0.506. The van der Waals surface area contributed by atoms with E-state index in [1.54, 1.807) is 37.9 Å². The minimum atomic E-state index is -0.617. The lowest BCUT2D eigenvalue weighted by Crippen LogP contribution is -2.09. The fourth-order valence-corrected chi connectivity index (χ4v) is 2.45. The number of furan rings is 1. The Morgan fingerprint density at radius 3 is 2.50 bits per heavy atom. The summed E-state index contributed by atoms with van der Waals surface area (Å²) in [5.74, 6) is 3.57. The zero-order chi connectivity index (χ0) is 19.3. The lowest BCUT2D eigenvalue weighted by atomic mass is 10.2. The van der Waals surface area contributed by atoms with Crippen LogP contribution in [0.25, 0.3) is 23.4 Å². The predicted molar refractivity (Wildman–Crippen MR) is 99.8 cm³/mol. The summed E-state index contributed by atoms with van der Waals surface area (Å²) in [5, 5.41) is 18.1. The lowest BCUT2D eigenvalue weighted by molar-refractivity contribution is 0.245. The molecule has 7 heteroatoms. The lowest BCUT2D eigenvalue weighted by Gasteiger charge is -2.17. The number of methoxy groups -OCH3 is 2. The molecule has 7 nitrogen and oxygen atoms in total. The normalized spacial score (nSPS) is 14.5. The summed E-state index contributed by atoms with van der Waals surface area (Å²) >= 11 is 0. The van der Waals surface area contributed by atoms with Crippen molar-refractivity contribution in [2.24, 2.45) is 0 Å². The molecule has 1 unspecified atom stereocenters. The molecule has 0 bridgehead atoms. The van der Waals surface area contributed by atoms with Crippen molar-refractivity contribution in [3.05, 3.63) is 47.4 Å². The Kier molecular flexibility index (Phi) is 6.41. The molecule has 0 aromatic carbocycles. The van der Waals surface area contributed by atoms with Crippen molar-refractivity contribution in [2.75, 3.05) is 14.2 Å². The van der Waals surface area contributed by atoms with Crippen LogP contribution in [-0.2, 0) is 9.47 Å². The van der Waals surface area contributed by atoms with Crippen LogP contribution >= 0.6 is 0 Å². The monoisotopic (exact) mass is 359 g/mol. The van der Waals surface area contributed by atoms with Gasteiger partial charge in [-0.25, -0.2) is 0 Å². The van der Waals surface area contributed by atoms with E-state index in [2.05, 4.69) is 10.2 Å². The molecule has 1 atom stereocenters. The van der Waals surface area contributed by atoms with Crippen LogP contribution in [0.5, 0.6) is 0 Å². The van der Waals surface area contributed by atoms with Crippen LogP contribution in [0.4, 0.5) is 0 Å². The molecule has 0 saturated carbocycles. The largest absolute Gasteiger partial charge is 0.499 e. The van der Waals surface area contributed by atoms with Gasteiger partial charge in [0, 0.05) is 0 Å². The molecule has 26 heavy (non-hydrogen) atoms. The number of hydrogen-bond donors (Lipinski definition) is 1. The molecule has 0 aliphatic rings. The first-order valence-corrected chi connectivity index (χ1v) is 8.27. The summed E-state index contributed by atoms with van der Waals surface area (Å²) in [6.45, 7) is 7.23. The molecule has 1 N–H and O–H groups in total. The molecule has 0 radical (unpaired) electrons.